The Morgan fingerprint density at radius 1 is 1.72 bits per heavy atom. The molecule has 0 bridgehead atoms. The third-order valence-electron chi connectivity index (χ3n) is 3.97. The van der Waals surface area contributed by atoms with Gasteiger partial charge in [-0.1, -0.05) is 13.0 Å². The lowest BCUT2D eigenvalue weighted by Crippen LogP contribution is -2.39. The molecule has 1 aromatic heterocycles. The Hall–Kier alpha value is -1.51. The second-order valence-corrected chi connectivity index (χ2v) is 5.22. The van der Waals surface area contributed by atoms with Gasteiger partial charge in [-0.05, 0) is 31.4 Å². The fourth-order valence-corrected chi connectivity index (χ4v) is 2.66. The van der Waals surface area contributed by atoms with Crippen molar-refractivity contribution in [1.29, 1.82) is 0 Å². The van der Waals surface area contributed by atoms with Gasteiger partial charge in [-0.2, -0.15) is 0 Å². The summed E-state index contributed by atoms with van der Waals surface area (Å²) in [4.78, 5) is 12.1. The zero-order valence-corrected chi connectivity index (χ0v) is 11.3. The van der Waals surface area contributed by atoms with Crippen molar-refractivity contribution < 1.29 is 13.9 Å². The molecule has 1 aromatic rings. The molecule has 1 aliphatic carbocycles. The highest BCUT2D eigenvalue weighted by molar-refractivity contribution is 5.75. The smallest absolute Gasteiger partial charge is 0.310 e. The van der Waals surface area contributed by atoms with Crippen LogP contribution in [0.25, 0.3) is 0 Å². The number of aryl methyl sites for hydroxylation is 1. The average molecular weight is 248 g/mol. The van der Waals surface area contributed by atoms with Crippen molar-refractivity contribution in [3.8, 4) is 0 Å². The number of hydrogen-bond acceptors (Lipinski definition) is 3. The van der Waals surface area contributed by atoms with Gasteiger partial charge in [0.15, 0.2) is 0 Å². The lowest BCUT2D eigenvalue weighted by molar-refractivity contribution is -0.151. The summed E-state index contributed by atoms with van der Waals surface area (Å²) >= 11 is 0. The van der Waals surface area contributed by atoms with Crippen LogP contribution in [0.1, 0.15) is 30.7 Å². The van der Waals surface area contributed by atoms with Gasteiger partial charge in [0.1, 0.15) is 5.76 Å². The van der Waals surface area contributed by atoms with Gasteiger partial charge in [-0.15, -0.1) is 6.58 Å². The summed E-state index contributed by atoms with van der Waals surface area (Å²) in [5.41, 5.74) is 1.99. The molecule has 2 atom stereocenters. The van der Waals surface area contributed by atoms with Gasteiger partial charge in [0.05, 0.1) is 18.8 Å². The van der Waals surface area contributed by atoms with E-state index in [9.17, 15) is 4.79 Å². The Balaban J connectivity index is 2.36. The topological polar surface area (TPSA) is 39.4 Å². The highest BCUT2D eigenvalue weighted by atomic mass is 16.5. The SMILES string of the molecule is C=C[C@]1(C)Cc2occ(C)c2C[C@H]1C(=O)OCC. The number of rotatable bonds is 3. The number of allylic oxidation sites excluding steroid dienone is 1. The lowest BCUT2D eigenvalue weighted by Gasteiger charge is -2.36. The molecule has 18 heavy (non-hydrogen) atoms. The van der Waals surface area contributed by atoms with E-state index in [1.54, 1.807) is 6.26 Å². The molecule has 0 aromatic carbocycles. The molecule has 0 aliphatic heterocycles. The van der Waals surface area contributed by atoms with Crippen LogP contribution in [-0.2, 0) is 22.4 Å². The molecular formula is C15H20O3. The third kappa shape index (κ3) is 1.98. The van der Waals surface area contributed by atoms with Crippen molar-refractivity contribution in [1.82, 2.24) is 0 Å². The van der Waals surface area contributed by atoms with Crippen LogP contribution in [0, 0.1) is 18.3 Å². The van der Waals surface area contributed by atoms with Crippen LogP contribution in [0.15, 0.2) is 23.3 Å². The number of fused-ring (bicyclic) bond motifs is 1. The average Bonchev–Trinajstić information content (AvgIpc) is 2.69. The van der Waals surface area contributed by atoms with Gasteiger partial charge in [0.25, 0.3) is 0 Å². The summed E-state index contributed by atoms with van der Waals surface area (Å²) in [5.74, 6) is 0.681. The normalized spacial score (nSPS) is 26.5. The molecule has 0 fully saturated rings. The van der Waals surface area contributed by atoms with Crippen molar-refractivity contribution >= 4 is 5.97 Å². The number of carbonyl (C=O) groups is 1. The molecule has 0 amide bonds. The second kappa shape index (κ2) is 4.63. The first-order valence-electron chi connectivity index (χ1n) is 6.38. The van der Waals surface area contributed by atoms with Crippen LogP contribution >= 0.6 is 0 Å². The van der Waals surface area contributed by atoms with Crippen LogP contribution in [0.3, 0.4) is 0 Å². The Kier molecular flexibility index (Phi) is 3.33. The molecule has 0 unspecified atom stereocenters. The summed E-state index contributed by atoms with van der Waals surface area (Å²) in [5, 5.41) is 0. The van der Waals surface area contributed by atoms with E-state index in [0.29, 0.717) is 19.4 Å². The molecule has 98 valence electrons. The van der Waals surface area contributed by atoms with E-state index in [1.165, 1.54) is 0 Å². The summed E-state index contributed by atoms with van der Waals surface area (Å²) in [6.45, 7) is 10.2. The van der Waals surface area contributed by atoms with Crippen LogP contribution in [-0.4, -0.2) is 12.6 Å². The second-order valence-electron chi connectivity index (χ2n) is 5.22. The van der Waals surface area contributed by atoms with E-state index >= 15 is 0 Å². The highest BCUT2D eigenvalue weighted by Crippen LogP contribution is 2.43. The van der Waals surface area contributed by atoms with Crippen LogP contribution in [0.2, 0.25) is 0 Å². The van der Waals surface area contributed by atoms with Crippen molar-refractivity contribution in [2.24, 2.45) is 11.3 Å². The fourth-order valence-electron chi connectivity index (χ4n) is 2.66. The number of carbonyl (C=O) groups excluding carboxylic acids is 1. The summed E-state index contributed by atoms with van der Waals surface area (Å²) in [6.07, 6.45) is 5.01. The largest absolute Gasteiger partial charge is 0.469 e. The maximum atomic E-state index is 12.1. The van der Waals surface area contributed by atoms with E-state index in [-0.39, 0.29) is 17.3 Å². The molecule has 0 N–H and O–H groups in total. The molecule has 0 saturated heterocycles. The number of furan rings is 1. The van der Waals surface area contributed by atoms with Gasteiger partial charge < -0.3 is 9.15 Å². The van der Waals surface area contributed by atoms with E-state index in [4.69, 9.17) is 9.15 Å². The zero-order valence-electron chi connectivity index (χ0n) is 11.3. The van der Waals surface area contributed by atoms with Gasteiger partial charge in [0, 0.05) is 11.8 Å². The highest BCUT2D eigenvalue weighted by Gasteiger charge is 2.43. The van der Waals surface area contributed by atoms with Gasteiger partial charge in [-0.25, -0.2) is 0 Å². The Labute approximate surface area is 108 Å². The maximum Gasteiger partial charge on any atom is 0.310 e. The first-order chi connectivity index (χ1) is 8.51. The Morgan fingerprint density at radius 3 is 3.06 bits per heavy atom. The van der Waals surface area contributed by atoms with Crippen LogP contribution in [0.5, 0.6) is 0 Å². The van der Waals surface area contributed by atoms with E-state index in [1.807, 2.05) is 26.8 Å². The molecule has 0 saturated carbocycles. The van der Waals surface area contributed by atoms with Crippen molar-refractivity contribution in [2.45, 2.75) is 33.6 Å². The predicted molar refractivity (Wildman–Crippen MR) is 69.3 cm³/mol. The Bertz CT molecular complexity index is 472. The van der Waals surface area contributed by atoms with Gasteiger partial charge >= 0.3 is 5.97 Å². The van der Waals surface area contributed by atoms with Crippen molar-refractivity contribution in [2.75, 3.05) is 6.61 Å². The minimum atomic E-state index is -0.288. The standard InChI is InChI=1S/C15H20O3/c1-5-15(4)8-13-11(10(3)9-18-13)7-12(15)14(16)17-6-2/h5,9,12H,1,6-8H2,2-4H3/t12-,15+/m0/s1. The van der Waals surface area contributed by atoms with Gasteiger partial charge in [0.2, 0.25) is 0 Å². The molecule has 2 rings (SSSR count). The summed E-state index contributed by atoms with van der Waals surface area (Å²) in [6, 6.07) is 0. The molecule has 3 heteroatoms. The minimum absolute atomic E-state index is 0.133. The number of hydrogen-bond donors (Lipinski definition) is 0. The molecular weight excluding hydrogens is 228 g/mol. The van der Waals surface area contributed by atoms with Crippen LogP contribution < -0.4 is 0 Å². The molecule has 1 heterocycles. The maximum absolute atomic E-state index is 12.1. The number of ether oxygens (including phenoxy) is 1. The van der Waals surface area contributed by atoms with Crippen LogP contribution in [0.4, 0.5) is 0 Å². The monoisotopic (exact) mass is 248 g/mol. The summed E-state index contributed by atoms with van der Waals surface area (Å²) < 4.78 is 10.8. The quantitative estimate of drug-likeness (QED) is 0.609. The van der Waals surface area contributed by atoms with Gasteiger partial charge in [-0.3, -0.25) is 4.79 Å². The summed E-state index contributed by atoms with van der Waals surface area (Å²) in [7, 11) is 0. The molecule has 1 aliphatic rings. The fraction of sp³-hybridized carbons (Fsp3) is 0.533. The first kappa shape index (κ1) is 12.9. The molecule has 0 radical (unpaired) electrons. The van der Waals surface area contributed by atoms with E-state index in [2.05, 4.69) is 6.58 Å². The number of esters is 1. The first-order valence-corrected chi connectivity index (χ1v) is 6.38. The predicted octanol–water partition coefficient (Wildman–Crippen LogP) is 3.06. The van der Waals surface area contributed by atoms with E-state index < -0.39 is 0 Å². The Morgan fingerprint density at radius 2 is 2.44 bits per heavy atom. The molecule has 0 spiro atoms. The minimum Gasteiger partial charge on any atom is -0.469 e. The third-order valence-corrected chi connectivity index (χ3v) is 3.97. The van der Waals surface area contributed by atoms with Crippen molar-refractivity contribution in [3.63, 3.8) is 0 Å². The van der Waals surface area contributed by atoms with E-state index in [0.717, 1.165) is 16.9 Å². The molecule has 3 nitrogen and oxygen atoms in total. The lowest BCUT2D eigenvalue weighted by atomic mass is 9.67. The van der Waals surface area contributed by atoms with Crippen molar-refractivity contribution in [3.05, 3.63) is 35.8 Å². The zero-order chi connectivity index (χ0) is 13.3.